The number of fused-ring (bicyclic) bond motifs is 1. The molecular formula is C18H24N6O. The quantitative estimate of drug-likeness (QED) is 0.761. The average Bonchev–Trinajstić information content (AvgIpc) is 3.24. The van der Waals surface area contributed by atoms with E-state index >= 15 is 0 Å². The van der Waals surface area contributed by atoms with Crippen molar-refractivity contribution in [2.75, 3.05) is 13.1 Å². The molecule has 0 bridgehead atoms. The van der Waals surface area contributed by atoms with E-state index in [1.807, 2.05) is 12.4 Å². The fourth-order valence-corrected chi connectivity index (χ4v) is 3.55. The van der Waals surface area contributed by atoms with Crippen LogP contribution in [0.3, 0.4) is 0 Å². The number of H-pyrrole nitrogens is 1. The number of nitrogens with one attached hydrogen (secondary N) is 1. The highest BCUT2D eigenvalue weighted by Gasteiger charge is 2.37. The molecule has 3 aromatic rings. The molecule has 1 fully saturated rings. The van der Waals surface area contributed by atoms with Gasteiger partial charge in [-0.15, -0.1) is 5.10 Å². The average molecular weight is 340 g/mol. The first-order valence-electron chi connectivity index (χ1n) is 8.82. The van der Waals surface area contributed by atoms with E-state index < -0.39 is 5.60 Å². The molecule has 132 valence electrons. The Labute approximate surface area is 146 Å². The monoisotopic (exact) mass is 340 g/mol. The van der Waals surface area contributed by atoms with Crippen molar-refractivity contribution in [3.05, 3.63) is 41.9 Å². The summed E-state index contributed by atoms with van der Waals surface area (Å²) in [5, 5.41) is 27.7. The molecule has 7 nitrogen and oxygen atoms in total. The van der Waals surface area contributed by atoms with Crippen LogP contribution in [0.2, 0.25) is 0 Å². The predicted molar refractivity (Wildman–Crippen MR) is 94.9 cm³/mol. The lowest BCUT2D eigenvalue weighted by Crippen LogP contribution is -2.45. The Balaban J connectivity index is 1.51. The van der Waals surface area contributed by atoms with E-state index in [2.05, 4.69) is 57.5 Å². The normalized spacial score (nSPS) is 22.1. The second kappa shape index (κ2) is 6.24. The minimum absolute atomic E-state index is 0.241. The Kier molecular flexibility index (Phi) is 4.05. The van der Waals surface area contributed by atoms with Crippen LogP contribution in [0.25, 0.3) is 10.9 Å². The third-order valence-corrected chi connectivity index (χ3v) is 4.98. The van der Waals surface area contributed by atoms with Crippen molar-refractivity contribution in [1.82, 2.24) is 30.1 Å². The molecule has 1 aliphatic heterocycles. The first-order chi connectivity index (χ1) is 12.0. The summed E-state index contributed by atoms with van der Waals surface area (Å²) < 4.78 is 1.80. The van der Waals surface area contributed by atoms with Crippen molar-refractivity contribution >= 4 is 10.9 Å². The Bertz CT molecular complexity index is 869. The molecule has 2 N–H and O–H groups in total. The molecule has 25 heavy (non-hydrogen) atoms. The van der Waals surface area contributed by atoms with Crippen molar-refractivity contribution in [2.24, 2.45) is 0 Å². The van der Waals surface area contributed by atoms with Crippen molar-refractivity contribution in [2.45, 2.75) is 44.9 Å². The molecule has 1 aliphatic rings. The predicted octanol–water partition coefficient (Wildman–Crippen LogP) is 2.22. The zero-order chi connectivity index (χ0) is 17.4. The minimum atomic E-state index is -0.927. The van der Waals surface area contributed by atoms with E-state index in [4.69, 9.17) is 0 Å². The number of hydrogen-bond donors (Lipinski definition) is 2. The van der Waals surface area contributed by atoms with E-state index in [0.29, 0.717) is 12.2 Å². The van der Waals surface area contributed by atoms with E-state index in [9.17, 15) is 5.11 Å². The molecule has 0 unspecified atom stereocenters. The molecular weight excluding hydrogens is 316 g/mol. The summed E-state index contributed by atoms with van der Waals surface area (Å²) in [6.45, 7) is 6.46. The van der Waals surface area contributed by atoms with Gasteiger partial charge in [-0.25, -0.2) is 4.68 Å². The summed E-state index contributed by atoms with van der Waals surface area (Å²) >= 11 is 0. The van der Waals surface area contributed by atoms with Crippen LogP contribution in [-0.2, 0) is 12.1 Å². The molecule has 0 radical (unpaired) electrons. The van der Waals surface area contributed by atoms with Crippen molar-refractivity contribution in [1.29, 1.82) is 0 Å². The smallest absolute Gasteiger partial charge is 0.123 e. The molecule has 3 heterocycles. The Morgan fingerprint density at radius 2 is 2.24 bits per heavy atom. The lowest BCUT2D eigenvalue weighted by molar-refractivity contribution is -0.0414. The minimum Gasteiger partial charge on any atom is -0.382 e. The van der Waals surface area contributed by atoms with E-state index in [1.165, 1.54) is 5.56 Å². The molecule has 0 amide bonds. The van der Waals surface area contributed by atoms with Gasteiger partial charge in [-0.3, -0.25) is 10.00 Å². The Morgan fingerprint density at radius 1 is 1.36 bits per heavy atom. The van der Waals surface area contributed by atoms with Gasteiger partial charge in [-0.2, -0.15) is 5.10 Å². The summed E-state index contributed by atoms with van der Waals surface area (Å²) in [7, 11) is 0. The number of benzene rings is 1. The van der Waals surface area contributed by atoms with Crippen LogP contribution < -0.4 is 0 Å². The number of rotatable bonds is 4. The second-order valence-electron chi connectivity index (χ2n) is 7.31. The number of hydrogen-bond acceptors (Lipinski definition) is 5. The highest BCUT2D eigenvalue weighted by molar-refractivity contribution is 5.78. The molecule has 2 aromatic heterocycles. The lowest BCUT2D eigenvalue weighted by Gasteiger charge is -2.38. The molecule has 1 saturated heterocycles. The van der Waals surface area contributed by atoms with Crippen LogP contribution in [0.5, 0.6) is 0 Å². The second-order valence-corrected chi connectivity index (χ2v) is 7.31. The van der Waals surface area contributed by atoms with Crippen LogP contribution in [0, 0.1) is 0 Å². The van der Waals surface area contributed by atoms with Crippen molar-refractivity contribution in [3.8, 4) is 0 Å². The number of aromatic nitrogens is 5. The van der Waals surface area contributed by atoms with Gasteiger partial charge in [0, 0.05) is 24.5 Å². The Morgan fingerprint density at radius 3 is 3.04 bits per heavy atom. The summed E-state index contributed by atoms with van der Waals surface area (Å²) in [6, 6.07) is 6.58. The van der Waals surface area contributed by atoms with Crippen LogP contribution in [0.4, 0.5) is 0 Å². The number of nitrogens with zero attached hydrogens (tertiary/aromatic N) is 5. The first kappa shape index (κ1) is 16.2. The van der Waals surface area contributed by atoms with Crippen molar-refractivity contribution in [3.63, 3.8) is 0 Å². The summed E-state index contributed by atoms with van der Waals surface area (Å²) in [6.07, 6.45) is 5.37. The van der Waals surface area contributed by atoms with Crippen molar-refractivity contribution < 1.29 is 5.11 Å². The number of piperidine rings is 1. The Hall–Kier alpha value is -2.25. The van der Waals surface area contributed by atoms with Gasteiger partial charge in [0.15, 0.2) is 0 Å². The van der Waals surface area contributed by atoms with Crippen LogP contribution >= 0.6 is 0 Å². The maximum Gasteiger partial charge on any atom is 0.123 e. The van der Waals surface area contributed by atoms with Gasteiger partial charge in [-0.05, 0) is 44.9 Å². The summed E-state index contributed by atoms with van der Waals surface area (Å²) in [4.78, 5) is 2.29. The molecule has 0 aliphatic carbocycles. The summed E-state index contributed by atoms with van der Waals surface area (Å²) in [5.41, 5.74) is 2.01. The highest BCUT2D eigenvalue weighted by Crippen LogP contribution is 2.31. The van der Waals surface area contributed by atoms with Gasteiger partial charge < -0.3 is 5.11 Å². The van der Waals surface area contributed by atoms with Gasteiger partial charge in [0.25, 0.3) is 0 Å². The molecule has 0 spiro atoms. The molecule has 0 saturated carbocycles. The largest absolute Gasteiger partial charge is 0.382 e. The zero-order valence-corrected chi connectivity index (χ0v) is 14.7. The number of aliphatic hydroxyl groups is 1. The van der Waals surface area contributed by atoms with Gasteiger partial charge >= 0.3 is 0 Å². The van der Waals surface area contributed by atoms with E-state index in [-0.39, 0.29) is 6.04 Å². The van der Waals surface area contributed by atoms with Crippen LogP contribution in [-0.4, -0.2) is 48.3 Å². The summed E-state index contributed by atoms with van der Waals surface area (Å²) in [5.74, 6) is 0. The topological polar surface area (TPSA) is 82.9 Å². The van der Waals surface area contributed by atoms with E-state index in [1.54, 1.807) is 4.68 Å². The fourth-order valence-electron chi connectivity index (χ4n) is 3.55. The number of likely N-dealkylation sites (tertiary alicyclic amines) is 1. The molecule has 4 rings (SSSR count). The molecule has 1 atom stereocenters. The number of aromatic amines is 1. The zero-order valence-electron chi connectivity index (χ0n) is 14.7. The third kappa shape index (κ3) is 3.17. The third-order valence-electron chi connectivity index (χ3n) is 4.98. The SMILES string of the molecule is CC(C)n1cc([C@@]2(O)CCCN(Cc3ccc4cn[nH]c4c3)C2)nn1. The molecule has 1 aromatic carbocycles. The first-order valence-corrected chi connectivity index (χ1v) is 8.82. The standard InChI is InChI=1S/C18H24N6O/c1-13(2)24-11-17(21-22-24)18(25)6-3-7-23(12-18)10-14-4-5-15-9-19-20-16(15)8-14/h4-5,8-9,11,13,25H,3,6-7,10,12H2,1-2H3,(H,19,20)/t18-/m1/s1. The van der Waals surface area contributed by atoms with Gasteiger partial charge in [0.05, 0.1) is 17.9 Å². The lowest BCUT2D eigenvalue weighted by atomic mass is 9.89. The molecule has 7 heteroatoms. The maximum absolute atomic E-state index is 11.2. The maximum atomic E-state index is 11.2. The van der Waals surface area contributed by atoms with E-state index in [0.717, 1.165) is 36.8 Å². The van der Waals surface area contributed by atoms with Gasteiger partial charge in [-0.1, -0.05) is 17.3 Å². The number of β-amino-alcohol motifs (C(OH)–C–C–N with tert-alkyl or cyclic N) is 1. The fraction of sp³-hybridized carbons (Fsp3) is 0.500. The van der Waals surface area contributed by atoms with Crippen LogP contribution in [0.1, 0.15) is 44.0 Å². The van der Waals surface area contributed by atoms with Gasteiger partial charge in [0.1, 0.15) is 11.3 Å². The highest BCUT2D eigenvalue weighted by atomic mass is 16.3. The van der Waals surface area contributed by atoms with Gasteiger partial charge in [0.2, 0.25) is 0 Å². The van der Waals surface area contributed by atoms with Crippen LogP contribution in [0.15, 0.2) is 30.6 Å².